The Morgan fingerprint density at radius 2 is 1.55 bits per heavy atom. The number of benzene rings is 3. The zero-order valence-corrected chi connectivity index (χ0v) is 23.9. The lowest BCUT2D eigenvalue weighted by Crippen LogP contribution is -2.38. The van der Waals surface area contributed by atoms with Crippen molar-refractivity contribution in [3.05, 3.63) is 77.4 Å². The highest BCUT2D eigenvalue weighted by atomic mass is 32.2. The second kappa shape index (κ2) is 11.5. The third-order valence-corrected chi connectivity index (χ3v) is 9.32. The van der Waals surface area contributed by atoms with E-state index >= 15 is 0 Å². The third-order valence-electron chi connectivity index (χ3n) is 5.89. The number of methoxy groups -OCH3 is 1. The van der Waals surface area contributed by atoms with E-state index in [1.807, 2.05) is 19.9 Å². The van der Waals surface area contributed by atoms with Crippen LogP contribution in [0.15, 0.2) is 70.5 Å². The van der Waals surface area contributed by atoms with Crippen molar-refractivity contribution in [3.63, 3.8) is 0 Å². The van der Waals surface area contributed by atoms with Crippen LogP contribution in [0.5, 0.6) is 5.75 Å². The van der Waals surface area contributed by atoms with Gasteiger partial charge in [0.15, 0.2) is 0 Å². The van der Waals surface area contributed by atoms with Gasteiger partial charge < -0.3 is 10.1 Å². The second-order valence-electron chi connectivity index (χ2n) is 9.23. The number of hydrogen-bond donors (Lipinski definition) is 2. The topological polar surface area (TPSA) is 122 Å². The van der Waals surface area contributed by atoms with E-state index < -0.39 is 32.5 Å². The summed E-state index contributed by atoms with van der Waals surface area (Å²) in [5.74, 6) is -0.451. The summed E-state index contributed by atoms with van der Waals surface area (Å²) in [7, 11) is -6.58. The Morgan fingerprint density at radius 1 is 0.921 bits per heavy atom. The number of nitrogens with zero attached hydrogens (tertiary/aromatic N) is 1. The molecule has 9 nitrogen and oxygen atoms in total. The van der Waals surface area contributed by atoms with Crippen LogP contribution < -0.4 is 19.1 Å². The SMILES string of the molecule is COc1ccc(S(=O)(=O)NC(C)C)cc1NC(=O)CN(c1cccc(C)c1C)S(=O)(=O)c1ccc(C)cc1. The molecule has 11 heteroatoms. The Labute approximate surface area is 224 Å². The van der Waals surface area contributed by atoms with E-state index in [-0.39, 0.29) is 27.3 Å². The normalized spacial score (nSPS) is 11.9. The lowest BCUT2D eigenvalue weighted by atomic mass is 10.1. The molecule has 0 aliphatic rings. The average molecular weight is 560 g/mol. The van der Waals surface area contributed by atoms with Gasteiger partial charge in [0.2, 0.25) is 15.9 Å². The Bertz CT molecular complexity index is 1530. The minimum atomic E-state index is -4.12. The van der Waals surface area contributed by atoms with Crippen LogP contribution in [-0.2, 0) is 24.8 Å². The van der Waals surface area contributed by atoms with Crippen LogP contribution in [0.25, 0.3) is 0 Å². The highest BCUT2D eigenvalue weighted by Gasteiger charge is 2.29. The van der Waals surface area contributed by atoms with Gasteiger partial charge in [-0.1, -0.05) is 29.8 Å². The van der Waals surface area contributed by atoms with Crippen molar-refractivity contribution in [2.24, 2.45) is 0 Å². The van der Waals surface area contributed by atoms with Gasteiger partial charge in [-0.3, -0.25) is 9.10 Å². The lowest BCUT2D eigenvalue weighted by molar-refractivity contribution is -0.114. The first kappa shape index (κ1) is 29.2. The van der Waals surface area contributed by atoms with Crippen LogP contribution in [-0.4, -0.2) is 42.4 Å². The molecule has 2 N–H and O–H groups in total. The van der Waals surface area contributed by atoms with Gasteiger partial charge in [-0.15, -0.1) is 0 Å². The smallest absolute Gasteiger partial charge is 0.264 e. The van der Waals surface area contributed by atoms with E-state index in [2.05, 4.69) is 10.0 Å². The predicted octanol–water partition coefficient (Wildman–Crippen LogP) is 4.14. The number of hydrogen-bond acceptors (Lipinski definition) is 6. The Morgan fingerprint density at radius 3 is 2.16 bits per heavy atom. The average Bonchev–Trinajstić information content (AvgIpc) is 2.84. The molecule has 0 bridgehead atoms. The van der Waals surface area contributed by atoms with Crippen molar-refractivity contribution in [1.29, 1.82) is 0 Å². The van der Waals surface area contributed by atoms with Crippen LogP contribution in [0.2, 0.25) is 0 Å². The van der Waals surface area contributed by atoms with Gasteiger partial charge in [-0.2, -0.15) is 0 Å². The summed E-state index contributed by atoms with van der Waals surface area (Å²) in [4.78, 5) is 13.3. The van der Waals surface area contributed by atoms with Gasteiger partial charge in [-0.25, -0.2) is 21.6 Å². The fourth-order valence-corrected chi connectivity index (χ4v) is 6.55. The van der Waals surface area contributed by atoms with Crippen LogP contribution in [0.1, 0.15) is 30.5 Å². The van der Waals surface area contributed by atoms with E-state index in [9.17, 15) is 21.6 Å². The van der Waals surface area contributed by atoms with Gasteiger partial charge in [0, 0.05) is 6.04 Å². The van der Waals surface area contributed by atoms with E-state index in [0.29, 0.717) is 11.3 Å². The highest BCUT2D eigenvalue weighted by molar-refractivity contribution is 7.92. The number of ether oxygens (including phenoxy) is 1. The second-order valence-corrected chi connectivity index (χ2v) is 12.8. The molecule has 0 radical (unpaired) electrons. The summed E-state index contributed by atoms with van der Waals surface area (Å²) in [5, 5.41) is 2.63. The first-order valence-electron chi connectivity index (χ1n) is 11.9. The number of carbonyl (C=O) groups excluding carboxylic acids is 1. The Hall–Kier alpha value is -3.41. The molecule has 0 heterocycles. The number of nitrogens with one attached hydrogen (secondary N) is 2. The molecule has 204 valence electrons. The minimum absolute atomic E-state index is 0.0437. The molecule has 3 rings (SSSR count). The molecule has 0 aliphatic carbocycles. The lowest BCUT2D eigenvalue weighted by Gasteiger charge is -2.26. The number of rotatable bonds is 10. The maximum absolute atomic E-state index is 13.7. The molecule has 1 amide bonds. The van der Waals surface area contributed by atoms with Crippen molar-refractivity contribution in [3.8, 4) is 5.75 Å². The zero-order chi connectivity index (χ0) is 28.3. The monoisotopic (exact) mass is 559 g/mol. The molecule has 0 unspecified atom stereocenters. The van der Waals surface area contributed by atoms with E-state index in [1.54, 1.807) is 45.0 Å². The van der Waals surface area contributed by atoms with Gasteiger partial charge in [0.1, 0.15) is 12.3 Å². The van der Waals surface area contributed by atoms with Crippen molar-refractivity contribution in [2.45, 2.75) is 50.5 Å². The van der Waals surface area contributed by atoms with Crippen molar-refractivity contribution >= 4 is 37.3 Å². The molecule has 0 aliphatic heterocycles. The van der Waals surface area contributed by atoms with Gasteiger partial charge in [-0.05, 0) is 82.1 Å². The first-order valence-corrected chi connectivity index (χ1v) is 14.8. The quantitative estimate of drug-likeness (QED) is 0.385. The predicted molar refractivity (Wildman–Crippen MR) is 149 cm³/mol. The Balaban J connectivity index is 2.02. The molecule has 38 heavy (non-hydrogen) atoms. The molecule has 3 aromatic rings. The Kier molecular flexibility index (Phi) is 8.86. The molecule has 0 spiro atoms. The molecule has 0 fully saturated rings. The van der Waals surface area contributed by atoms with Crippen molar-refractivity contribution in [2.75, 3.05) is 23.3 Å². The van der Waals surface area contributed by atoms with Crippen LogP contribution in [0.3, 0.4) is 0 Å². The van der Waals surface area contributed by atoms with Crippen molar-refractivity contribution in [1.82, 2.24) is 4.72 Å². The van der Waals surface area contributed by atoms with E-state index in [0.717, 1.165) is 15.4 Å². The van der Waals surface area contributed by atoms with Crippen LogP contribution in [0, 0.1) is 20.8 Å². The van der Waals surface area contributed by atoms with E-state index in [4.69, 9.17) is 4.74 Å². The fraction of sp³-hybridized carbons (Fsp3) is 0.296. The molecule has 0 aromatic heterocycles. The summed E-state index contributed by atoms with van der Waals surface area (Å²) in [6.07, 6.45) is 0. The number of aryl methyl sites for hydroxylation is 2. The van der Waals surface area contributed by atoms with Gasteiger partial charge in [0.05, 0.1) is 28.3 Å². The number of anilines is 2. The van der Waals surface area contributed by atoms with Crippen LogP contribution >= 0.6 is 0 Å². The standard InChI is InChI=1S/C27H33N3O6S2/c1-18(2)29-37(32,33)23-14-15-26(36-6)24(16-23)28-27(31)17-30(25-9-7-8-20(4)21(25)5)38(34,35)22-12-10-19(3)11-13-22/h7-16,18,29H,17H2,1-6H3,(H,28,31). The minimum Gasteiger partial charge on any atom is -0.495 e. The maximum atomic E-state index is 13.7. The van der Waals surface area contributed by atoms with E-state index in [1.165, 1.54) is 37.4 Å². The summed E-state index contributed by atoms with van der Waals surface area (Å²) in [5.41, 5.74) is 2.93. The molecular weight excluding hydrogens is 526 g/mol. The van der Waals surface area contributed by atoms with Crippen LogP contribution in [0.4, 0.5) is 11.4 Å². The van der Waals surface area contributed by atoms with Gasteiger partial charge in [0.25, 0.3) is 10.0 Å². The summed E-state index contributed by atoms with van der Waals surface area (Å²) >= 11 is 0. The number of sulfonamides is 2. The number of amides is 1. The molecule has 3 aromatic carbocycles. The fourth-order valence-electron chi connectivity index (χ4n) is 3.79. The summed E-state index contributed by atoms with van der Waals surface area (Å²) in [6, 6.07) is 15.3. The van der Waals surface area contributed by atoms with Crippen molar-refractivity contribution < 1.29 is 26.4 Å². The summed E-state index contributed by atoms with van der Waals surface area (Å²) in [6.45, 7) is 8.34. The summed E-state index contributed by atoms with van der Waals surface area (Å²) < 4.78 is 61.7. The zero-order valence-electron chi connectivity index (χ0n) is 22.3. The molecule has 0 saturated heterocycles. The first-order chi connectivity index (χ1) is 17.8. The number of carbonyl (C=O) groups is 1. The third kappa shape index (κ3) is 6.53. The van der Waals surface area contributed by atoms with Gasteiger partial charge >= 0.3 is 0 Å². The molecular formula is C27H33N3O6S2. The highest BCUT2D eigenvalue weighted by Crippen LogP contribution is 2.30. The largest absolute Gasteiger partial charge is 0.495 e. The molecule has 0 atom stereocenters. The maximum Gasteiger partial charge on any atom is 0.264 e. The molecule has 0 saturated carbocycles.